The van der Waals surface area contributed by atoms with Crippen LogP contribution in [-0.4, -0.2) is 34.2 Å². The minimum absolute atomic E-state index is 0.0677. The molecule has 25 heavy (non-hydrogen) atoms. The van der Waals surface area contributed by atoms with Gasteiger partial charge in [0.2, 0.25) is 11.0 Å². The van der Waals surface area contributed by atoms with E-state index in [9.17, 15) is 13.6 Å². The molecule has 0 atom stereocenters. The number of ether oxygens (including phenoxy) is 2. The lowest BCUT2D eigenvalue weighted by Gasteiger charge is -2.05. The molecule has 11 heteroatoms. The summed E-state index contributed by atoms with van der Waals surface area (Å²) >= 11 is 2.65. The number of hydrogen-bond donors (Lipinski definition) is 2. The Hall–Kier alpha value is -2.14. The summed E-state index contributed by atoms with van der Waals surface area (Å²) in [5.74, 6) is -0.345. The van der Waals surface area contributed by atoms with Gasteiger partial charge in [-0.15, -0.1) is 19.0 Å². The van der Waals surface area contributed by atoms with Crippen molar-refractivity contribution in [3.8, 4) is 11.5 Å². The molecule has 1 fully saturated rings. The number of thioether (sulfide) groups is 1. The van der Waals surface area contributed by atoms with E-state index >= 15 is 0 Å². The molecule has 1 aliphatic heterocycles. The maximum atomic E-state index is 13.0. The fourth-order valence-corrected chi connectivity index (χ4v) is 3.71. The first-order valence-electron chi connectivity index (χ1n) is 7.39. The molecule has 132 valence electrons. The summed E-state index contributed by atoms with van der Waals surface area (Å²) in [5.41, 5.74) is 0.346. The molecule has 1 saturated carbocycles. The van der Waals surface area contributed by atoms with Gasteiger partial charge in [-0.1, -0.05) is 23.1 Å². The van der Waals surface area contributed by atoms with Gasteiger partial charge in [0.1, 0.15) is 0 Å². The fraction of sp³-hybridized carbons (Fsp3) is 0.357. The van der Waals surface area contributed by atoms with Crippen molar-refractivity contribution in [2.75, 3.05) is 16.4 Å². The lowest BCUT2D eigenvalue weighted by Crippen LogP contribution is -2.25. The number of amides is 1. The second kappa shape index (κ2) is 6.30. The van der Waals surface area contributed by atoms with Gasteiger partial charge in [0.15, 0.2) is 15.8 Å². The van der Waals surface area contributed by atoms with Gasteiger partial charge >= 0.3 is 6.29 Å². The highest BCUT2D eigenvalue weighted by Gasteiger charge is 2.43. The van der Waals surface area contributed by atoms with Crippen LogP contribution in [0, 0.1) is 0 Å². The predicted molar refractivity (Wildman–Crippen MR) is 88.6 cm³/mol. The van der Waals surface area contributed by atoms with Gasteiger partial charge in [-0.05, 0) is 25.0 Å². The minimum Gasteiger partial charge on any atom is -0.395 e. The first-order chi connectivity index (χ1) is 12.0. The van der Waals surface area contributed by atoms with Crippen LogP contribution in [0.1, 0.15) is 12.8 Å². The van der Waals surface area contributed by atoms with Gasteiger partial charge in [0, 0.05) is 17.8 Å². The largest absolute Gasteiger partial charge is 0.586 e. The standard InChI is InChI=1S/C14H12F2N4O3S2/c15-14(16)22-9-4-3-8(5-10(9)23-14)17-11(21)6-24-13-20-19-12(25-13)18-7-1-2-7/h3-5,7H,1-2,6H2,(H,17,21)(H,18,19). The van der Waals surface area contributed by atoms with E-state index in [1.165, 1.54) is 41.3 Å². The molecule has 4 rings (SSSR count). The zero-order valence-electron chi connectivity index (χ0n) is 12.6. The van der Waals surface area contributed by atoms with Gasteiger partial charge < -0.3 is 20.1 Å². The SMILES string of the molecule is O=C(CSc1nnc(NC2CC2)s1)Nc1ccc2c(c1)OC(F)(F)O2. The van der Waals surface area contributed by atoms with Crippen molar-refractivity contribution in [3.63, 3.8) is 0 Å². The van der Waals surface area contributed by atoms with Crippen molar-refractivity contribution in [2.24, 2.45) is 0 Å². The van der Waals surface area contributed by atoms with Crippen LogP contribution in [0.4, 0.5) is 19.6 Å². The third kappa shape index (κ3) is 4.10. The van der Waals surface area contributed by atoms with Crippen LogP contribution in [0.15, 0.2) is 22.5 Å². The summed E-state index contributed by atoms with van der Waals surface area (Å²) in [7, 11) is 0. The average molecular weight is 386 g/mol. The molecule has 7 nitrogen and oxygen atoms in total. The van der Waals surface area contributed by atoms with Crippen LogP contribution in [0.2, 0.25) is 0 Å². The van der Waals surface area contributed by atoms with Crippen LogP contribution >= 0.6 is 23.1 Å². The van der Waals surface area contributed by atoms with Crippen LogP contribution in [0.25, 0.3) is 0 Å². The first-order valence-corrected chi connectivity index (χ1v) is 9.20. The molecule has 1 aromatic carbocycles. The predicted octanol–water partition coefficient (Wildman–Crippen LogP) is 3.16. The zero-order chi connectivity index (χ0) is 17.4. The summed E-state index contributed by atoms with van der Waals surface area (Å²) in [4.78, 5) is 12.0. The van der Waals surface area contributed by atoms with E-state index in [0.717, 1.165) is 18.0 Å². The number of nitrogens with zero attached hydrogens (tertiary/aromatic N) is 2. The van der Waals surface area contributed by atoms with Crippen molar-refractivity contribution in [1.29, 1.82) is 0 Å². The van der Waals surface area contributed by atoms with Gasteiger partial charge in [-0.2, -0.15) is 0 Å². The van der Waals surface area contributed by atoms with E-state index in [2.05, 4.69) is 30.3 Å². The number of benzene rings is 1. The van der Waals surface area contributed by atoms with E-state index in [-0.39, 0.29) is 23.2 Å². The minimum atomic E-state index is -3.68. The van der Waals surface area contributed by atoms with Crippen molar-refractivity contribution in [1.82, 2.24) is 10.2 Å². The van der Waals surface area contributed by atoms with Gasteiger partial charge in [0.25, 0.3) is 0 Å². The second-order valence-electron chi connectivity index (χ2n) is 5.46. The molecule has 0 radical (unpaired) electrons. The topological polar surface area (TPSA) is 85.4 Å². The van der Waals surface area contributed by atoms with Crippen LogP contribution in [-0.2, 0) is 4.79 Å². The number of aromatic nitrogens is 2. The zero-order valence-corrected chi connectivity index (χ0v) is 14.3. The van der Waals surface area contributed by atoms with E-state index in [4.69, 9.17) is 0 Å². The Morgan fingerprint density at radius 3 is 2.92 bits per heavy atom. The summed E-state index contributed by atoms with van der Waals surface area (Å²) in [6.07, 6.45) is -1.39. The van der Waals surface area contributed by atoms with Gasteiger partial charge in [0.05, 0.1) is 5.75 Å². The van der Waals surface area contributed by atoms with E-state index in [0.29, 0.717) is 16.1 Å². The van der Waals surface area contributed by atoms with E-state index in [1.54, 1.807) is 0 Å². The second-order valence-corrected chi connectivity index (χ2v) is 7.66. The highest BCUT2D eigenvalue weighted by atomic mass is 32.2. The molecular formula is C14H12F2N4O3S2. The van der Waals surface area contributed by atoms with Crippen LogP contribution in [0.3, 0.4) is 0 Å². The Balaban J connectivity index is 1.30. The number of rotatable bonds is 6. The van der Waals surface area contributed by atoms with Crippen LogP contribution in [0.5, 0.6) is 11.5 Å². The summed E-state index contributed by atoms with van der Waals surface area (Å²) < 4.78 is 35.3. The molecule has 0 saturated heterocycles. The summed E-state index contributed by atoms with van der Waals surface area (Å²) in [5, 5.41) is 14.6. The van der Waals surface area contributed by atoms with Crippen molar-refractivity contribution < 1.29 is 23.0 Å². The Bertz CT molecular complexity index is 813. The number of fused-ring (bicyclic) bond motifs is 1. The number of carbonyl (C=O) groups is 1. The smallest absolute Gasteiger partial charge is 0.395 e. The van der Waals surface area contributed by atoms with E-state index < -0.39 is 6.29 Å². The van der Waals surface area contributed by atoms with Crippen LogP contribution < -0.4 is 20.1 Å². The number of hydrogen-bond acceptors (Lipinski definition) is 8. The van der Waals surface area contributed by atoms with E-state index in [1.807, 2.05) is 0 Å². The quantitative estimate of drug-likeness (QED) is 0.738. The Morgan fingerprint density at radius 1 is 1.32 bits per heavy atom. The number of alkyl halides is 2. The van der Waals surface area contributed by atoms with Crippen molar-refractivity contribution in [3.05, 3.63) is 18.2 Å². The summed E-state index contributed by atoms with van der Waals surface area (Å²) in [6.45, 7) is 0. The lowest BCUT2D eigenvalue weighted by molar-refractivity contribution is -0.286. The van der Waals surface area contributed by atoms with Gasteiger partial charge in [-0.25, -0.2) is 0 Å². The molecule has 2 aromatic rings. The monoisotopic (exact) mass is 386 g/mol. The molecule has 1 amide bonds. The average Bonchev–Trinajstić information content (AvgIpc) is 3.14. The first kappa shape index (κ1) is 16.3. The molecule has 0 spiro atoms. The Morgan fingerprint density at radius 2 is 2.12 bits per heavy atom. The summed E-state index contributed by atoms with van der Waals surface area (Å²) in [6, 6.07) is 4.57. The van der Waals surface area contributed by atoms with Crippen molar-refractivity contribution in [2.45, 2.75) is 29.5 Å². The molecule has 0 bridgehead atoms. The number of halogens is 2. The third-order valence-electron chi connectivity index (χ3n) is 3.32. The third-order valence-corrected chi connectivity index (χ3v) is 5.31. The molecule has 2 N–H and O–H groups in total. The molecule has 2 heterocycles. The molecule has 1 aromatic heterocycles. The molecule has 0 unspecified atom stereocenters. The number of carbonyl (C=O) groups excluding carboxylic acids is 1. The van der Waals surface area contributed by atoms with Crippen molar-refractivity contribution >= 4 is 39.8 Å². The number of anilines is 2. The maximum absolute atomic E-state index is 13.0. The molecule has 2 aliphatic rings. The fourth-order valence-electron chi connectivity index (χ4n) is 2.08. The Kier molecular flexibility index (Phi) is 4.12. The maximum Gasteiger partial charge on any atom is 0.586 e. The highest BCUT2D eigenvalue weighted by Crippen LogP contribution is 2.42. The Labute approximate surface area is 149 Å². The molecule has 1 aliphatic carbocycles. The normalized spacial score (nSPS) is 17.4. The molecular weight excluding hydrogens is 374 g/mol. The van der Waals surface area contributed by atoms with Gasteiger partial charge in [-0.3, -0.25) is 4.79 Å². The number of nitrogens with one attached hydrogen (secondary N) is 2. The lowest BCUT2D eigenvalue weighted by atomic mass is 10.3. The highest BCUT2D eigenvalue weighted by molar-refractivity contribution is 8.01.